The second-order valence-electron chi connectivity index (χ2n) is 5.00. The van der Waals surface area contributed by atoms with Gasteiger partial charge in [-0.25, -0.2) is 10.5 Å². The van der Waals surface area contributed by atoms with Crippen molar-refractivity contribution in [3.63, 3.8) is 0 Å². The van der Waals surface area contributed by atoms with E-state index in [-0.39, 0.29) is 12.3 Å². The number of carbonyl (C=O) groups is 1. The van der Waals surface area contributed by atoms with Crippen LogP contribution in [0.5, 0.6) is 0 Å². The summed E-state index contributed by atoms with van der Waals surface area (Å²) in [5, 5.41) is 0. The molecule has 1 aromatic heterocycles. The van der Waals surface area contributed by atoms with Crippen molar-refractivity contribution in [2.24, 2.45) is 0 Å². The molecule has 2 aromatic carbocycles. The van der Waals surface area contributed by atoms with Crippen LogP contribution >= 0.6 is 0 Å². The van der Waals surface area contributed by atoms with Crippen molar-refractivity contribution >= 4 is 5.91 Å². The van der Waals surface area contributed by atoms with Crippen LogP contribution in [-0.2, 0) is 11.4 Å². The van der Waals surface area contributed by atoms with Gasteiger partial charge < -0.3 is 4.42 Å². The predicted molar refractivity (Wildman–Crippen MR) is 85.4 cm³/mol. The molecule has 0 fully saturated rings. The lowest BCUT2D eigenvalue weighted by Crippen LogP contribution is -2.24. The Balaban J connectivity index is 1.65. The van der Waals surface area contributed by atoms with Crippen molar-refractivity contribution in [1.82, 2.24) is 10.5 Å². The predicted octanol–water partition coefficient (Wildman–Crippen LogP) is 3.51. The van der Waals surface area contributed by atoms with Gasteiger partial charge in [-0.05, 0) is 24.6 Å². The second kappa shape index (κ2) is 6.89. The van der Waals surface area contributed by atoms with Gasteiger partial charge in [0, 0.05) is 5.56 Å². The van der Waals surface area contributed by atoms with E-state index < -0.39 is 5.91 Å². The summed E-state index contributed by atoms with van der Waals surface area (Å²) in [4.78, 5) is 21.6. The molecule has 0 bridgehead atoms. The van der Waals surface area contributed by atoms with Crippen LogP contribution in [0.3, 0.4) is 0 Å². The summed E-state index contributed by atoms with van der Waals surface area (Å²) in [5.41, 5.74) is 4.40. The van der Waals surface area contributed by atoms with Crippen molar-refractivity contribution in [1.29, 1.82) is 0 Å². The molecular formula is C18H16N2O3. The van der Waals surface area contributed by atoms with Crippen LogP contribution in [0.15, 0.2) is 65.1 Å². The highest BCUT2D eigenvalue weighted by molar-refractivity contribution is 5.92. The van der Waals surface area contributed by atoms with Crippen LogP contribution in [0.2, 0.25) is 0 Å². The van der Waals surface area contributed by atoms with Gasteiger partial charge in [-0.3, -0.25) is 9.63 Å². The van der Waals surface area contributed by atoms with Gasteiger partial charge >= 0.3 is 0 Å². The van der Waals surface area contributed by atoms with Crippen molar-refractivity contribution in [2.45, 2.75) is 13.5 Å². The Hall–Kier alpha value is -2.92. The molecule has 0 spiro atoms. The first-order valence-corrected chi connectivity index (χ1v) is 7.23. The number of carbonyl (C=O) groups excluding carboxylic acids is 1. The standard InChI is InChI=1S/C18H16N2O3/c1-13-16(19-18(23-13)15-10-6-3-7-11-15)17(21)20-22-12-14-8-4-2-5-9-14/h2-11H,12H2,1H3,(H,20,21). The molecule has 5 heteroatoms. The van der Waals surface area contributed by atoms with Gasteiger partial charge in [0.15, 0.2) is 5.69 Å². The fraction of sp³-hybridized carbons (Fsp3) is 0.111. The number of nitrogens with zero attached hydrogens (tertiary/aromatic N) is 1. The van der Waals surface area contributed by atoms with E-state index in [0.29, 0.717) is 11.7 Å². The Morgan fingerprint density at radius 1 is 1.09 bits per heavy atom. The number of nitrogens with one attached hydrogen (secondary N) is 1. The lowest BCUT2D eigenvalue weighted by Gasteiger charge is -2.04. The first-order chi connectivity index (χ1) is 11.2. The largest absolute Gasteiger partial charge is 0.441 e. The maximum atomic E-state index is 12.1. The minimum Gasteiger partial charge on any atom is -0.441 e. The first-order valence-electron chi connectivity index (χ1n) is 7.23. The number of oxazole rings is 1. The van der Waals surface area contributed by atoms with Gasteiger partial charge in [-0.2, -0.15) is 0 Å². The molecule has 5 nitrogen and oxygen atoms in total. The summed E-state index contributed by atoms with van der Waals surface area (Å²) in [5.74, 6) is 0.435. The number of aromatic nitrogens is 1. The van der Waals surface area contributed by atoms with Crippen molar-refractivity contribution in [2.75, 3.05) is 0 Å². The zero-order chi connectivity index (χ0) is 16.1. The number of hydrogen-bond donors (Lipinski definition) is 1. The summed E-state index contributed by atoms with van der Waals surface area (Å²) < 4.78 is 5.56. The van der Waals surface area contributed by atoms with Crippen molar-refractivity contribution in [3.8, 4) is 11.5 Å². The minimum absolute atomic E-state index is 0.219. The summed E-state index contributed by atoms with van der Waals surface area (Å²) >= 11 is 0. The second-order valence-corrected chi connectivity index (χ2v) is 5.00. The molecule has 0 atom stereocenters. The average Bonchev–Trinajstić information content (AvgIpc) is 2.98. The summed E-state index contributed by atoms with van der Waals surface area (Å²) in [6.45, 7) is 1.99. The number of aryl methyl sites for hydroxylation is 1. The summed E-state index contributed by atoms with van der Waals surface area (Å²) in [6.07, 6.45) is 0. The molecule has 0 aliphatic rings. The van der Waals surface area contributed by atoms with Crippen LogP contribution < -0.4 is 5.48 Å². The Morgan fingerprint density at radius 3 is 2.43 bits per heavy atom. The molecule has 0 radical (unpaired) electrons. The normalized spacial score (nSPS) is 10.5. The quantitative estimate of drug-likeness (QED) is 0.733. The molecule has 3 aromatic rings. The molecule has 0 saturated heterocycles. The number of hydroxylamine groups is 1. The highest BCUT2D eigenvalue weighted by Gasteiger charge is 2.18. The first kappa shape index (κ1) is 15.0. The topological polar surface area (TPSA) is 64.4 Å². The van der Waals surface area contributed by atoms with Gasteiger partial charge in [-0.15, -0.1) is 0 Å². The van der Waals surface area contributed by atoms with Crippen LogP contribution in [-0.4, -0.2) is 10.9 Å². The molecule has 3 rings (SSSR count). The van der Waals surface area contributed by atoms with E-state index in [9.17, 15) is 4.79 Å². The van der Waals surface area contributed by atoms with Gasteiger partial charge in [0.2, 0.25) is 5.89 Å². The maximum Gasteiger partial charge on any atom is 0.297 e. The third kappa shape index (κ3) is 3.64. The summed E-state index contributed by atoms with van der Waals surface area (Å²) in [7, 11) is 0. The molecule has 0 aliphatic carbocycles. The third-order valence-corrected chi connectivity index (χ3v) is 3.28. The van der Waals surface area contributed by atoms with E-state index in [1.807, 2.05) is 60.7 Å². The Kier molecular flexibility index (Phi) is 4.49. The molecular weight excluding hydrogens is 292 g/mol. The molecule has 0 aliphatic heterocycles. The Labute approximate surface area is 133 Å². The van der Waals surface area contributed by atoms with Crippen LogP contribution in [0.4, 0.5) is 0 Å². The van der Waals surface area contributed by atoms with Crippen LogP contribution in [0, 0.1) is 6.92 Å². The molecule has 116 valence electrons. The van der Waals surface area contributed by atoms with E-state index >= 15 is 0 Å². The van der Waals surface area contributed by atoms with Crippen LogP contribution in [0.1, 0.15) is 21.8 Å². The van der Waals surface area contributed by atoms with Crippen molar-refractivity contribution < 1.29 is 14.0 Å². The molecule has 1 N–H and O–H groups in total. The van der Waals surface area contributed by atoms with E-state index in [2.05, 4.69) is 10.5 Å². The van der Waals surface area contributed by atoms with E-state index in [0.717, 1.165) is 11.1 Å². The van der Waals surface area contributed by atoms with Gasteiger partial charge in [0.1, 0.15) is 5.76 Å². The van der Waals surface area contributed by atoms with E-state index in [1.54, 1.807) is 6.92 Å². The smallest absolute Gasteiger partial charge is 0.297 e. The number of amides is 1. The lowest BCUT2D eigenvalue weighted by molar-refractivity contribution is 0.0228. The number of rotatable bonds is 5. The zero-order valence-corrected chi connectivity index (χ0v) is 12.7. The maximum absolute atomic E-state index is 12.1. The lowest BCUT2D eigenvalue weighted by atomic mass is 10.2. The summed E-state index contributed by atoms with van der Waals surface area (Å²) in [6, 6.07) is 19.0. The highest BCUT2D eigenvalue weighted by atomic mass is 16.6. The minimum atomic E-state index is -0.427. The van der Waals surface area contributed by atoms with Gasteiger partial charge in [-0.1, -0.05) is 48.5 Å². The molecule has 0 saturated carbocycles. The number of benzene rings is 2. The van der Waals surface area contributed by atoms with Gasteiger partial charge in [0.05, 0.1) is 6.61 Å². The Morgan fingerprint density at radius 2 is 1.74 bits per heavy atom. The zero-order valence-electron chi connectivity index (χ0n) is 12.7. The van der Waals surface area contributed by atoms with Crippen molar-refractivity contribution in [3.05, 3.63) is 77.7 Å². The molecule has 1 heterocycles. The molecule has 1 amide bonds. The number of hydrogen-bond acceptors (Lipinski definition) is 4. The van der Waals surface area contributed by atoms with Gasteiger partial charge in [0.25, 0.3) is 5.91 Å². The van der Waals surface area contributed by atoms with Crippen LogP contribution in [0.25, 0.3) is 11.5 Å². The third-order valence-electron chi connectivity index (χ3n) is 3.28. The highest BCUT2D eigenvalue weighted by Crippen LogP contribution is 2.21. The monoisotopic (exact) mass is 308 g/mol. The van der Waals surface area contributed by atoms with E-state index in [1.165, 1.54) is 0 Å². The Bertz CT molecular complexity index is 783. The fourth-order valence-electron chi connectivity index (χ4n) is 2.12. The molecule has 0 unspecified atom stereocenters. The fourth-order valence-corrected chi connectivity index (χ4v) is 2.12. The average molecular weight is 308 g/mol. The van der Waals surface area contributed by atoms with E-state index in [4.69, 9.17) is 9.25 Å². The SMILES string of the molecule is Cc1oc(-c2ccccc2)nc1C(=O)NOCc1ccccc1. The molecule has 23 heavy (non-hydrogen) atoms.